The van der Waals surface area contributed by atoms with E-state index in [9.17, 15) is 5.11 Å². The van der Waals surface area contributed by atoms with E-state index in [1.54, 1.807) is 12.3 Å². The van der Waals surface area contributed by atoms with Crippen molar-refractivity contribution in [1.29, 1.82) is 0 Å². The third-order valence-electron chi connectivity index (χ3n) is 7.32. The fraction of sp³-hybridized carbons (Fsp3) is 0.652. The van der Waals surface area contributed by atoms with Crippen molar-refractivity contribution in [2.75, 3.05) is 13.2 Å². The predicted octanol–water partition coefficient (Wildman–Crippen LogP) is 4.38. The zero-order valence-electron chi connectivity index (χ0n) is 17.2. The highest BCUT2D eigenvalue weighted by Gasteiger charge is 2.46. The molecule has 1 aromatic rings. The summed E-state index contributed by atoms with van der Waals surface area (Å²) < 4.78 is 12.0. The van der Waals surface area contributed by atoms with E-state index >= 15 is 0 Å². The molecule has 2 fully saturated rings. The lowest BCUT2D eigenvalue weighted by Gasteiger charge is -2.50. The second-order valence-corrected chi connectivity index (χ2v) is 9.17. The Labute approximate surface area is 178 Å². The highest BCUT2D eigenvalue weighted by Crippen LogP contribution is 2.50. The molecule has 0 bridgehead atoms. The highest BCUT2D eigenvalue weighted by atomic mass is 35.5. The Kier molecular flexibility index (Phi) is 6.40. The van der Waals surface area contributed by atoms with Crippen LogP contribution in [-0.4, -0.2) is 30.5 Å². The van der Waals surface area contributed by atoms with Gasteiger partial charge in [-0.2, -0.15) is 0 Å². The van der Waals surface area contributed by atoms with E-state index in [-0.39, 0.29) is 17.6 Å². The molecule has 2 unspecified atom stereocenters. The SMILES string of the molecule is CCC(N)[C@]1(C2CCOCC2)CC[C@H](Oc2cc3c(cc2Cl)C(O)NC=C3)CC1. The maximum absolute atomic E-state index is 10.1. The average Bonchev–Trinajstić information content (AvgIpc) is 2.76. The summed E-state index contributed by atoms with van der Waals surface area (Å²) in [4.78, 5) is 0. The lowest BCUT2D eigenvalue weighted by atomic mass is 9.59. The van der Waals surface area contributed by atoms with Crippen LogP contribution in [0.3, 0.4) is 0 Å². The van der Waals surface area contributed by atoms with E-state index in [2.05, 4.69) is 12.2 Å². The molecule has 4 rings (SSSR count). The molecule has 0 spiro atoms. The van der Waals surface area contributed by atoms with Crippen LogP contribution < -0.4 is 15.8 Å². The van der Waals surface area contributed by atoms with Crippen molar-refractivity contribution >= 4 is 17.7 Å². The molecule has 0 radical (unpaired) electrons. The van der Waals surface area contributed by atoms with Gasteiger partial charge in [0, 0.05) is 24.8 Å². The van der Waals surface area contributed by atoms with Crippen molar-refractivity contribution in [3.8, 4) is 5.75 Å². The largest absolute Gasteiger partial charge is 0.489 e. The Balaban J connectivity index is 1.46. The smallest absolute Gasteiger partial charge is 0.151 e. The van der Waals surface area contributed by atoms with Crippen LogP contribution in [0.1, 0.15) is 69.2 Å². The maximum Gasteiger partial charge on any atom is 0.151 e. The molecule has 1 saturated carbocycles. The molecular formula is C23H33ClN2O3. The Morgan fingerprint density at radius 2 is 2.00 bits per heavy atom. The van der Waals surface area contributed by atoms with Crippen LogP contribution in [0.15, 0.2) is 18.3 Å². The molecule has 29 heavy (non-hydrogen) atoms. The predicted molar refractivity (Wildman–Crippen MR) is 116 cm³/mol. The monoisotopic (exact) mass is 420 g/mol. The van der Waals surface area contributed by atoms with Crippen LogP contribution in [-0.2, 0) is 4.74 Å². The summed E-state index contributed by atoms with van der Waals surface area (Å²) in [5.74, 6) is 1.35. The third kappa shape index (κ3) is 4.15. The number of hydrogen-bond donors (Lipinski definition) is 3. The number of rotatable bonds is 5. The van der Waals surface area contributed by atoms with Crippen LogP contribution in [0.2, 0.25) is 5.02 Å². The van der Waals surface area contributed by atoms with Gasteiger partial charge in [0.05, 0.1) is 11.1 Å². The Hall–Kier alpha value is -1.27. The molecule has 2 aliphatic heterocycles. The van der Waals surface area contributed by atoms with Gasteiger partial charge < -0.3 is 25.6 Å². The second kappa shape index (κ2) is 8.84. The van der Waals surface area contributed by atoms with Crippen LogP contribution in [0.4, 0.5) is 0 Å². The van der Waals surface area contributed by atoms with E-state index in [0.717, 1.165) is 69.3 Å². The van der Waals surface area contributed by atoms with Crippen LogP contribution >= 0.6 is 11.6 Å². The molecule has 1 aliphatic carbocycles. The van der Waals surface area contributed by atoms with Gasteiger partial charge >= 0.3 is 0 Å². The number of ether oxygens (including phenoxy) is 2. The summed E-state index contributed by atoms with van der Waals surface area (Å²) >= 11 is 6.47. The number of hydrogen-bond acceptors (Lipinski definition) is 5. The molecular weight excluding hydrogens is 388 g/mol. The van der Waals surface area contributed by atoms with Gasteiger partial charge in [-0.15, -0.1) is 0 Å². The van der Waals surface area contributed by atoms with E-state index < -0.39 is 6.23 Å². The van der Waals surface area contributed by atoms with E-state index in [4.69, 9.17) is 26.8 Å². The summed E-state index contributed by atoms with van der Waals surface area (Å²) in [7, 11) is 0. The average molecular weight is 421 g/mol. The topological polar surface area (TPSA) is 76.7 Å². The summed E-state index contributed by atoms with van der Waals surface area (Å²) in [5, 5.41) is 13.5. The molecule has 5 nitrogen and oxygen atoms in total. The molecule has 6 heteroatoms. The number of nitrogens with two attached hydrogens (primary N) is 1. The molecule has 2 atom stereocenters. The van der Waals surface area contributed by atoms with Crippen molar-refractivity contribution in [1.82, 2.24) is 5.32 Å². The maximum atomic E-state index is 10.1. The van der Waals surface area contributed by atoms with Gasteiger partial charge in [-0.3, -0.25) is 0 Å². The van der Waals surface area contributed by atoms with Crippen molar-refractivity contribution in [3.05, 3.63) is 34.5 Å². The normalized spacial score (nSPS) is 31.0. The van der Waals surface area contributed by atoms with Gasteiger partial charge in [0.15, 0.2) is 6.23 Å². The fourth-order valence-electron chi connectivity index (χ4n) is 5.56. The number of fused-ring (bicyclic) bond motifs is 1. The Bertz CT molecular complexity index is 740. The summed E-state index contributed by atoms with van der Waals surface area (Å²) in [6, 6.07) is 3.98. The van der Waals surface area contributed by atoms with Gasteiger partial charge in [-0.25, -0.2) is 0 Å². The molecule has 1 saturated heterocycles. The molecule has 3 aliphatic rings. The minimum atomic E-state index is -0.730. The highest BCUT2D eigenvalue weighted by molar-refractivity contribution is 6.32. The number of aliphatic hydroxyl groups excluding tert-OH is 1. The van der Waals surface area contributed by atoms with E-state index in [1.807, 2.05) is 12.1 Å². The van der Waals surface area contributed by atoms with Gasteiger partial charge in [-0.1, -0.05) is 18.5 Å². The van der Waals surface area contributed by atoms with Crippen molar-refractivity contribution in [3.63, 3.8) is 0 Å². The Morgan fingerprint density at radius 1 is 1.28 bits per heavy atom. The fourth-order valence-corrected chi connectivity index (χ4v) is 5.78. The summed E-state index contributed by atoms with van der Waals surface area (Å²) in [5.41, 5.74) is 8.61. The number of halogens is 1. The minimum Gasteiger partial charge on any atom is -0.489 e. The minimum absolute atomic E-state index is 0.151. The molecule has 0 amide bonds. The van der Waals surface area contributed by atoms with Crippen molar-refractivity contribution in [2.45, 2.75) is 70.2 Å². The van der Waals surface area contributed by atoms with Gasteiger partial charge in [-0.05, 0) is 86.3 Å². The summed E-state index contributed by atoms with van der Waals surface area (Å²) in [6.07, 6.45) is 10.6. The first kappa shape index (κ1) is 21.0. The standard InChI is InChI=1S/C23H33ClN2O3/c1-2-21(25)23(16-6-11-28-12-7-16)8-3-17(4-9-23)29-20-13-15-5-10-26-22(27)18(15)14-19(20)24/h5,10,13-14,16-17,21-22,26-27H,2-4,6-9,11-12,25H2,1H3/t17-,21?,22?,23+. The van der Waals surface area contributed by atoms with Crippen molar-refractivity contribution in [2.24, 2.45) is 17.1 Å². The Morgan fingerprint density at radius 3 is 2.69 bits per heavy atom. The molecule has 0 aromatic heterocycles. The van der Waals surface area contributed by atoms with Crippen molar-refractivity contribution < 1.29 is 14.6 Å². The lowest BCUT2D eigenvalue weighted by molar-refractivity contribution is -0.0398. The van der Waals surface area contributed by atoms with E-state index in [1.165, 1.54) is 0 Å². The first-order valence-corrected chi connectivity index (χ1v) is 11.4. The zero-order valence-corrected chi connectivity index (χ0v) is 18.0. The first-order valence-electron chi connectivity index (χ1n) is 11.0. The van der Waals surface area contributed by atoms with Gasteiger partial charge in [0.1, 0.15) is 5.75 Å². The lowest BCUT2D eigenvalue weighted by Crippen LogP contribution is -2.51. The van der Waals surface area contributed by atoms with Gasteiger partial charge in [0.2, 0.25) is 0 Å². The van der Waals surface area contributed by atoms with Crippen LogP contribution in [0.5, 0.6) is 5.75 Å². The quantitative estimate of drug-likeness (QED) is 0.659. The van der Waals surface area contributed by atoms with Gasteiger partial charge in [0.25, 0.3) is 0 Å². The number of aliphatic hydroxyl groups is 1. The second-order valence-electron chi connectivity index (χ2n) is 8.77. The molecule has 160 valence electrons. The number of nitrogens with one attached hydrogen (secondary N) is 1. The van der Waals surface area contributed by atoms with E-state index in [0.29, 0.717) is 16.7 Å². The molecule has 4 N–H and O–H groups in total. The van der Waals surface area contributed by atoms with Crippen LogP contribution in [0.25, 0.3) is 6.08 Å². The third-order valence-corrected chi connectivity index (χ3v) is 7.61. The zero-order chi connectivity index (χ0) is 20.4. The molecule has 2 heterocycles. The summed E-state index contributed by atoms with van der Waals surface area (Å²) in [6.45, 7) is 3.93. The van der Waals surface area contributed by atoms with Crippen LogP contribution in [0, 0.1) is 11.3 Å². The molecule has 1 aromatic carbocycles. The first-order chi connectivity index (χ1) is 14.0. The number of benzene rings is 1.